The van der Waals surface area contributed by atoms with Crippen molar-refractivity contribution in [3.63, 3.8) is 0 Å². The fraction of sp³-hybridized carbons (Fsp3) is 0.167. The maximum atomic E-state index is 11.3. The highest BCUT2D eigenvalue weighted by Gasteiger charge is 2.29. The molecule has 0 saturated carbocycles. The Bertz CT molecular complexity index is 884. The predicted octanol–water partition coefficient (Wildman–Crippen LogP) is 6.29. The molecule has 0 aliphatic carbocycles. The SMILES string of the molecule is CC(C)(Sc1ccc(-c2ccc(Br)c3ccccc23)s1)C(=O)O. The van der Waals surface area contributed by atoms with Crippen LogP contribution in [-0.2, 0) is 4.79 Å². The lowest BCUT2D eigenvalue weighted by Crippen LogP contribution is -2.26. The van der Waals surface area contributed by atoms with Crippen LogP contribution in [0.3, 0.4) is 0 Å². The van der Waals surface area contributed by atoms with Gasteiger partial charge in [0.2, 0.25) is 0 Å². The summed E-state index contributed by atoms with van der Waals surface area (Å²) >= 11 is 6.62. The van der Waals surface area contributed by atoms with Gasteiger partial charge in [0.05, 0.1) is 4.21 Å². The molecule has 1 N–H and O–H groups in total. The summed E-state index contributed by atoms with van der Waals surface area (Å²) in [5.74, 6) is -0.799. The van der Waals surface area contributed by atoms with Crippen LogP contribution in [0.4, 0.5) is 0 Å². The molecule has 0 amide bonds. The Hall–Kier alpha value is -1.30. The summed E-state index contributed by atoms with van der Waals surface area (Å²) in [7, 11) is 0. The zero-order chi connectivity index (χ0) is 16.6. The summed E-state index contributed by atoms with van der Waals surface area (Å²) in [6, 6.07) is 16.5. The summed E-state index contributed by atoms with van der Waals surface area (Å²) in [6.07, 6.45) is 0. The van der Waals surface area contributed by atoms with Crippen LogP contribution in [0.1, 0.15) is 13.8 Å². The average Bonchev–Trinajstić information content (AvgIpc) is 2.95. The molecule has 5 heteroatoms. The molecule has 0 aliphatic heterocycles. The van der Waals surface area contributed by atoms with E-state index in [1.807, 2.05) is 18.2 Å². The van der Waals surface area contributed by atoms with E-state index in [0.29, 0.717) is 0 Å². The third-order valence-electron chi connectivity index (χ3n) is 3.59. The lowest BCUT2D eigenvalue weighted by atomic mass is 10.0. The Morgan fingerprint density at radius 1 is 1.09 bits per heavy atom. The summed E-state index contributed by atoms with van der Waals surface area (Å²) in [4.78, 5) is 12.4. The molecule has 1 heterocycles. The lowest BCUT2D eigenvalue weighted by Gasteiger charge is -2.16. The number of carboxylic acid groups (broad SMARTS) is 1. The van der Waals surface area contributed by atoms with E-state index in [9.17, 15) is 9.90 Å². The van der Waals surface area contributed by atoms with Gasteiger partial charge >= 0.3 is 5.97 Å². The Morgan fingerprint density at radius 2 is 1.78 bits per heavy atom. The van der Waals surface area contributed by atoms with E-state index in [0.717, 1.165) is 13.6 Å². The molecular weight excluding hydrogens is 392 g/mol. The number of thiophene rings is 1. The Balaban J connectivity index is 2.02. The Morgan fingerprint density at radius 3 is 2.48 bits per heavy atom. The van der Waals surface area contributed by atoms with Crippen molar-refractivity contribution in [2.75, 3.05) is 0 Å². The fourth-order valence-corrected chi connectivity index (χ4v) is 5.33. The highest BCUT2D eigenvalue weighted by Crippen LogP contribution is 2.42. The Kier molecular flexibility index (Phi) is 4.54. The van der Waals surface area contributed by atoms with Crippen LogP contribution in [0.5, 0.6) is 0 Å². The van der Waals surface area contributed by atoms with Crippen molar-refractivity contribution < 1.29 is 9.90 Å². The van der Waals surface area contributed by atoms with Gasteiger partial charge in [0.25, 0.3) is 0 Å². The lowest BCUT2D eigenvalue weighted by molar-refractivity contribution is -0.138. The molecule has 23 heavy (non-hydrogen) atoms. The van der Waals surface area contributed by atoms with E-state index in [1.165, 1.54) is 28.1 Å². The highest BCUT2D eigenvalue weighted by molar-refractivity contribution is 9.10. The van der Waals surface area contributed by atoms with Gasteiger partial charge in [-0.3, -0.25) is 4.79 Å². The van der Waals surface area contributed by atoms with Crippen molar-refractivity contribution in [2.45, 2.75) is 22.8 Å². The van der Waals surface area contributed by atoms with Gasteiger partial charge in [-0.05, 0) is 48.4 Å². The van der Waals surface area contributed by atoms with Crippen molar-refractivity contribution in [2.24, 2.45) is 0 Å². The first-order valence-electron chi connectivity index (χ1n) is 7.08. The van der Waals surface area contributed by atoms with E-state index in [4.69, 9.17) is 0 Å². The van der Waals surface area contributed by atoms with Gasteiger partial charge in [-0.25, -0.2) is 0 Å². The van der Waals surface area contributed by atoms with E-state index in [-0.39, 0.29) is 0 Å². The van der Waals surface area contributed by atoms with Gasteiger partial charge in [-0.2, -0.15) is 0 Å². The molecule has 0 unspecified atom stereocenters. The third-order valence-corrected chi connectivity index (χ3v) is 6.72. The van der Waals surface area contributed by atoms with Crippen LogP contribution >= 0.6 is 39.0 Å². The quantitative estimate of drug-likeness (QED) is 0.517. The fourth-order valence-electron chi connectivity index (χ4n) is 2.29. The highest BCUT2D eigenvalue weighted by atomic mass is 79.9. The molecule has 2 nitrogen and oxygen atoms in total. The topological polar surface area (TPSA) is 37.3 Å². The zero-order valence-electron chi connectivity index (χ0n) is 12.7. The van der Waals surface area contributed by atoms with Gasteiger partial charge in [0.1, 0.15) is 4.75 Å². The second-order valence-electron chi connectivity index (χ2n) is 5.68. The van der Waals surface area contributed by atoms with Crippen LogP contribution in [0.2, 0.25) is 0 Å². The molecule has 0 saturated heterocycles. The molecule has 0 radical (unpaired) electrons. The molecule has 0 fully saturated rings. The van der Waals surface area contributed by atoms with Crippen molar-refractivity contribution >= 4 is 55.8 Å². The number of aliphatic carboxylic acids is 1. The van der Waals surface area contributed by atoms with E-state index in [2.05, 4.69) is 46.3 Å². The molecule has 2 aromatic carbocycles. The number of benzene rings is 2. The van der Waals surface area contributed by atoms with Gasteiger partial charge in [-0.15, -0.1) is 11.3 Å². The van der Waals surface area contributed by atoms with Crippen LogP contribution in [0, 0.1) is 0 Å². The zero-order valence-corrected chi connectivity index (χ0v) is 15.9. The number of hydrogen-bond acceptors (Lipinski definition) is 3. The van der Waals surface area contributed by atoms with Crippen LogP contribution < -0.4 is 0 Å². The number of thioether (sulfide) groups is 1. The van der Waals surface area contributed by atoms with Crippen molar-refractivity contribution in [1.82, 2.24) is 0 Å². The molecular formula is C18H15BrO2S2. The largest absolute Gasteiger partial charge is 0.480 e. The first-order valence-corrected chi connectivity index (χ1v) is 9.51. The van der Waals surface area contributed by atoms with Gasteiger partial charge in [0.15, 0.2) is 0 Å². The predicted molar refractivity (Wildman–Crippen MR) is 103 cm³/mol. The summed E-state index contributed by atoms with van der Waals surface area (Å²) < 4.78 is 1.26. The third kappa shape index (κ3) is 3.32. The molecule has 0 bridgehead atoms. The standard InChI is InChI=1S/C18H15BrO2S2/c1-18(2,17(20)21)23-16-10-9-15(22-16)13-7-8-14(19)12-6-4-3-5-11(12)13/h3-10H,1-2H3,(H,20,21). The molecule has 0 atom stereocenters. The van der Waals surface area contributed by atoms with Crippen LogP contribution in [-0.4, -0.2) is 15.8 Å². The van der Waals surface area contributed by atoms with E-state index < -0.39 is 10.7 Å². The molecule has 3 aromatic rings. The number of carbonyl (C=O) groups is 1. The number of halogens is 1. The number of rotatable bonds is 4. The van der Waals surface area contributed by atoms with Gasteiger partial charge in [0, 0.05) is 9.35 Å². The molecule has 3 rings (SSSR count). The van der Waals surface area contributed by atoms with Crippen molar-refractivity contribution in [3.8, 4) is 10.4 Å². The minimum Gasteiger partial charge on any atom is -0.480 e. The van der Waals surface area contributed by atoms with E-state index in [1.54, 1.807) is 25.2 Å². The maximum Gasteiger partial charge on any atom is 0.319 e. The number of hydrogen-bond donors (Lipinski definition) is 1. The molecule has 1 aromatic heterocycles. The van der Waals surface area contributed by atoms with Crippen molar-refractivity contribution in [1.29, 1.82) is 0 Å². The van der Waals surface area contributed by atoms with Crippen LogP contribution in [0.15, 0.2) is 57.2 Å². The Labute approximate surface area is 151 Å². The van der Waals surface area contributed by atoms with Gasteiger partial charge in [-0.1, -0.05) is 58.0 Å². The minimum absolute atomic E-state index is 0.799. The smallest absolute Gasteiger partial charge is 0.319 e. The monoisotopic (exact) mass is 406 g/mol. The molecule has 0 spiro atoms. The second kappa shape index (κ2) is 6.30. The number of carboxylic acids is 1. The summed E-state index contributed by atoms with van der Waals surface area (Å²) in [5, 5.41) is 11.6. The minimum atomic E-state index is -0.829. The average molecular weight is 407 g/mol. The van der Waals surface area contributed by atoms with Crippen LogP contribution in [0.25, 0.3) is 21.2 Å². The summed E-state index contributed by atoms with van der Waals surface area (Å²) in [6.45, 7) is 3.46. The second-order valence-corrected chi connectivity index (χ2v) is 9.54. The number of fused-ring (bicyclic) bond motifs is 1. The molecule has 0 aliphatic rings. The maximum absolute atomic E-state index is 11.3. The van der Waals surface area contributed by atoms with E-state index >= 15 is 0 Å². The summed E-state index contributed by atoms with van der Waals surface area (Å²) in [5.41, 5.74) is 1.17. The van der Waals surface area contributed by atoms with Gasteiger partial charge < -0.3 is 5.11 Å². The molecule has 118 valence electrons. The first kappa shape index (κ1) is 16.6. The van der Waals surface area contributed by atoms with Crippen molar-refractivity contribution in [3.05, 3.63) is 53.0 Å². The first-order chi connectivity index (χ1) is 10.9. The normalized spacial score (nSPS) is 11.8.